The van der Waals surface area contributed by atoms with Crippen LogP contribution in [0, 0.1) is 0 Å². The van der Waals surface area contributed by atoms with E-state index in [1.54, 1.807) is 0 Å². The SMILES string of the molecule is CN=C(NCC(c1cccs1)N1CCCC1)N(C)Cc1cc(Cl)cn1C. The molecule has 1 aliphatic rings. The molecule has 0 aromatic carbocycles. The van der Waals surface area contributed by atoms with Crippen LogP contribution < -0.4 is 5.32 Å². The van der Waals surface area contributed by atoms with Gasteiger partial charge in [-0.3, -0.25) is 9.89 Å². The highest BCUT2D eigenvalue weighted by Crippen LogP contribution is 2.27. The summed E-state index contributed by atoms with van der Waals surface area (Å²) in [5.74, 6) is 0.906. The van der Waals surface area contributed by atoms with Crippen molar-refractivity contribution in [1.82, 2.24) is 19.7 Å². The Bertz CT molecular complexity index is 718. The standard InChI is InChI=1S/C19H28ClN5S/c1-21-19(24(3)14-16-11-15(20)13-23(16)2)22-12-17(18-7-6-10-26-18)25-8-4-5-9-25/h6-7,10-11,13,17H,4-5,8-9,12,14H2,1-3H3,(H,21,22). The molecule has 7 heteroatoms. The minimum atomic E-state index is 0.409. The van der Waals surface area contributed by atoms with Gasteiger partial charge in [0.1, 0.15) is 0 Å². The fourth-order valence-electron chi connectivity index (χ4n) is 3.56. The second kappa shape index (κ2) is 8.93. The number of thiophene rings is 1. The molecule has 1 fully saturated rings. The lowest BCUT2D eigenvalue weighted by Gasteiger charge is -2.29. The van der Waals surface area contributed by atoms with Crippen LogP contribution in [0.25, 0.3) is 0 Å². The number of rotatable bonds is 6. The van der Waals surface area contributed by atoms with Crippen LogP contribution in [-0.4, -0.2) is 54.1 Å². The number of aliphatic imine (C=N–C) groups is 1. The normalized spacial score (nSPS) is 16.8. The first-order chi connectivity index (χ1) is 12.6. The Morgan fingerprint density at radius 3 is 2.77 bits per heavy atom. The van der Waals surface area contributed by atoms with E-state index in [9.17, 15) is 0 Å². The molecule has 0 amide bonds. The fraction of sp³-hybridized carbons (Fsp3) is 0.526. The summed E-state index contributed by atoms with van der Waals surface area (Å²) in [4.78, 5) is 10.6. The van der Waals surface area contributed by atoms with Crippen LogP contribution in [0.3, 0.4) is 0 Å². The smallest absolute Gasteiger partial charge is 0.193 e. The van der Waals surface area contributed by atoms with Gasteiger partial charge in [0, 0.05) is 44.5 Å². The highest BCUT2D eigenvalue weighted by Gasteiger charge is 2.24. The quantitative estimate of drug-likeness (QED) is 0.601. The number of hydrogen-bond acceptors (Lipinski definition) is 3. The zero-order valence-electron chi connectivity index (χ0n) is 15.8. The van der Waals surface area contributed by atoms with E-state index in [1.807, 2.05) is 37.7 Å². The van der Waals surface area contributed by atoms with E-state index in [0.29, 0.717) is 6.04 Å². The number of nitrogens with one attached hydrogen (secondary N) is 1. The number of halogens is 1. The maximum atomic E-state index is 6.11. The summed E-state index contributed by atoms with van der Waals surface area (Å²) < 4.78 is 2.06. The monoisotopic (exact) mass is 393 g/mol. The van der Waals surface area contributed by atoms with Gasteiger partial charge in [0.15, 0.2) is 5.96 Å². The Hall–Kier alpha value is -1.50. The van der Waals surface area contributed by atoms with Crippen LogP contribution in [-0.2, 0) is 13.6 Å². The van der Waals surface area contributed by atoms with Gasteiger partial charge in [0.2, 0.25) is 0 Å². The Morgan fingerprint density at radius 1 is 1.42 bits per heavy atom. The molecule has 1 N–H and O–H groups in total. The first-order valence-corrected chi connectivity index (χ1v) is 10.3. The molecule has 1 unspecified atom stereocenters. The van der Waals surface area contributed by atoms with Crippen molar-refractivity contribution in [3.05, 3.63) is 45.4 Å². The van der Waals surface area contributed by atoms with Crippen molar-refractivity contribution in [2.24, 2.45) is 12.0 Å². The van der Waals surface area contributed by atoms with Gasteiger partial charge in [0.25, 0.3) is 0 Å². The predicted octanol–water partition coefficient (Wildman–Crippen LogP) is 3.58. The third kappa shape index (κ3) is 4.61. The van der Waals surface area contributed by atoms with Crippen LogP contribution in [0.15, 0.2) is 34.8 Å². The molecular weight excluding hydrogens is 366 g/mol. The van der Waals surface area contributed by atoms with Crippen LogP contribution in [0.2, 0.25) is 5.02 Å². The largest absolute Gasteiger partial charge is 0.354 e. The Labute approximate surface area is 165 Å². The van der Waals surface area contributed by atoms with Crippen LogP contribution >= 0.6 is 22.9 Å². The van der Waals surface area contributed by atoms with Gasteiger partial charge < -0.3 is 14.8 Å². The second-order valence-corrected chi connectivity index (χ2v) is 8.23. The van der Waals surface area contributed by atoms with Crippen molar-refractivity contribution in [3.8, 4) is 0 Å². The summed E-state index contributed by atoms with van der Waals surface area (Å²) in [6, 6.07) is 6.80. The minimum absolute atomic E-state index is 0.409. The van der Waals surface area contributed by atoms with Gasteiger partial charge in [-0.05, 0) is 43.4 Å². The molecular formula is C19H28ClN5S. The Balaban J connectivity index is 1.63. The van der Waals surface area contributed by atoms with E-state index in [2.05, 4.69) is 49.2 Å². The van der Waals surface area contributed by atoms with Gasteiger partial charge in [-0.25, -0.2) is 0 Å². The molecule has 0 radical (unpaired) electrons. The van der Waals surface area contributed by atoms with Crippen molar-refractivity contribution >= 4 is 28.9 Å². The number of aryl methyl sites for hydroxylation is 1. The molecule has 142 valence electrons. The molecule has 2 aromatic rings. The first-order valence-electron chi connectivity index (χ1n) is 9.08. The van der Waals surface area contributed by atoms with Crippen molar-refractivity contribution in [1.29, 1.82) is 0 Å². The van der Waals surface area contributed by atoms with E-state index in [-0.39, 0.29) is 0 Å². The lowest BCUT2D eigenvalue weighted by molar-refractivity contribution is 0.247. The van der Waals surface area contributed by atoms with Gasteiger partial charge in [-0.1, -0.05) is 17.7 Å². The highest BCUT2D eigenvalue weighted by atomic mass is 35.5. The number of nitrogens with zero attached hydrogens (tertiary/aromatic N) is 4. The Kier molecular flexibility index (Phi) is 6.62. The van der Waals surface area contributed by atoms with Gasteiger partial charge in [-0.2, -0.15) is 0 Å². The molecule has 1 saturated heterocycles. The molecule has 1 aliphatic heterocycles. The lowest BCUT2D eigenvalue weighted by atomic mass is 10.2. The second-order valence-electron chi connectivity index (χ2n) is 6.82. The molecule has 2 aromatic heterocycles. The van der Waals surface area contributed by atoms with Crippen molar-refractivity contribution in [2.45, 2.75) is 25.4 Å². The van der Waals surface area contributed by atoms with E-state index in [4.69, 9.17) is 11.6 Å². The molecule has 5 nitrogen and oxygen atoms in total. The molecule has 0 aliphatic carbocycles. The molecule has 26 heavy (non-hydrogen) atoms. The number of guanidine groups is 1. The maximum Gasteiger partial charge on any atom is 0.193 e. The van der Waals surface area contributed by atoms with Crippen molar-refractivity contribution in [2.75, 3.05) is 33.7 Å². The van der Waals surface area contributed by atoms with Crippen molar-refractivity contribution in [3.63, 3.8) is 0 Å². The molecule has 0 spiro atoms. The predicted molar refractivity (Wildman–Crippen MR) is 111 cm³/mol. The van der Waals surface area contributed by atoms with E-state index in [1.165, 1.54) is 30.8 Å². The van der Waals surface area contributed by atoms with Crippen LogP contribution in [0.1, 0.15) is 29.5 Å². The van der Waals surface area contributed by atoms with Crippen LogP contribution in [0.5, 0.6) is 0 Å². The Morgan fingerprint density at radius 2 is 2.19 bits per heavy atom. The highest BCUT2D eigenvalue weighted by molar-refractivity contribution is 7.10. The molecule has 3 heterocycles. The van der Waals surface area contributed by atoms with Gasteiger partial charge in [0.05, 0.1) is 17.6 Å². The zero-order valence-corrected chi connectivity index (χ0v) is 17.4. The zero-order chi connectivity index (χ0) is 18.5. The fourth-order valence-corrected chi connectivity index (χ4v) is 4.69. The average molecular weight is 394 g/mol. The van der Waals surface area contributed by atoms with Crippen LogP contribution in [0.4, 0.5) is 0 Å². The number of likely N-dealkylation sites (tertiary alicyclic amines) is 1. The summed E-state index contributed by atoms with van der Waals surface area (Å²) in [6.45, 7) is 3.99. The summed E-state index contributed by atoms with van der Waals surface area (Å²) in [6.07, 6.45) is 4.52. The topological polar surface area (TPSA) is 35.8 Å². The van der Waals surface area contributed by atoms with Crippen molar-refractivity contribution < 1.29 is 0 Å². The third-order valence-electron chi connectivity index (χ3n) is 4.95. The summed E-state index contributed by atoms with van der Waals surface area (Å²) in [5, 5.41) is 6.51. The first kappa shape index (κ1) is 19.3. The van der Waals surface area contributed by atoms with E-state index < -0.39 is 0 Å². The average Bonchev–Trinajstić information content (AvgIpc) is 3.35. The third-order valence-corrected chi connectivity index (χ3v) is 6.13. The van der Waals surface area contributed by atoms with Gasteiger partial charge in [-0.15, -0.1) is 11.3 Å². The number of hydrogen-bond donors (Lipinski definition) is 1. The maximum absolute atomic E-state index is 6.11. The van der Waals surface area contributed by atoms with E-state index >= 15 is 0 Å². The molecule has 0 saturated carbocycles. The summed E-state index contributed by atoms with van der Waals surface area (Å²) in [7, 11) is 5.92. The summed E-state index contributed by atoms with van der Waals surface area (Å²) in [5.41, 5.74) is 1.16. The minimum Gasteiger partial charge on any atom is -0.354 e. The molecule has 3 rings (SSSR count). The van der Waals surface area contributed by atoms with E-state index in [0.717, 1.165) is 29.8 Å². The molecule has 0 bridgehead atoms. The number of aromatic nitrogens is 1. The lowest BCUT2D eigenvalue weighted by Crippen LogP contribution is -2.43. The van der Waals surface area contributed by atoms with Gasteiger partial charge >= 0.3 is 0 Å². The molecule has 1 atom stereocenters. The summed E-state index contributed by atoms with van der Waals surface area (Å²) >= 11 is 7.95.